The van der Waals surface area contributed by atoms with E-state index in [9.17, 15) is 19.2 Å². The summed E-state index contributed by atoms with van der Waals surface area (Å²) in [7, 11) is 1.36. The van der Waals surface area contributed by atoms with Gasteiger partial charge in [0.05, 0.1) is 31.8 Å². The van der Waals surface area contributed by atoms with Crippen LogP contribution < -0.4 is 15.4 Å². The molecule has 0 aliphatic carbocycles. The van der Waals surface area contributed by atoms with Crippen molar-refractivity contribution < 1.29 is 18.7 Å². The van der Waals surface area contributed by atoms with Crippen LogP contribution in [0.15, 0.2) is 52.8 Å². The molecule has 1 aliphatic heterocycles. The molecule has 2 aromatic rings. The van der Waals surface area contributed by atoms with E-state index in [4.69, 9.17) is 4.74 Å². The van der Waals surface area contributed by atoms with Crippen LogP contribution in [0.1, 0.15) is 34.5 Å². The molecule has 2 aromatic carbocycles. The second-order valence-corrected chi connectivity index (χ2v) is 7.40. The van der Waals surface area contributed by atoms with Gasteiger partial charge in [-0.2, -0.15) is 10.4 Å². The first-order valence-electron chi connectivity index (χ1n) is 10.5. The number of ether oxygens (including phenoxy) is 1. The molecule has 10 heteroatoms. The molecule has 9 nitrogen and oxygen atoms in total. The molecule has 33 heavy (non-hydrogen) atoms. The fourth-order valence-corrected chi connectivity index (χ4v) is 3.30. The summed E-state index contributed by atoms with van der Waals surface area (Å²) < 4.78 is 18.3. The van der Waals surface area contributed by atoms with Crippen molar-refractivity contribution in [3.63, 3.8) is 0 Å². The zero-order chi connectivity index (χ0) is 23.8. The van der Waals surface area contributed by atoms with Gasteiger partial charge >= 0.3 is 0 Å². The summed E-state index contributed by atoms with van der Waals surface area (Å²) in [5.74, 6) is -1.17. The molecule has 0 radical (unpaired) electrons. The Morgan fingerprint density at radius 1 is 1.30 bits per heavy atom. The summed E-state index contributed by atoms with van der Waals surface area (Å²) >= 11 is 0. The predicted molar refractivity (Wildman–Crippen MR) is 118 cm³/mol. The molecule has 2 unspecified atom stereocenters. The van der Waals surface area contributed by atoms with E-state index in [0.717, 1.165) is 18.1 Å². The summed E-state index contributed by atoms with van der Waals surface area (Å²) in [6, 6.07) is 11.8. The molecule has 1 heterocycles. The second-order valence-electron chi connectivity index (χ2n) is 7.40. The van der Waals surface area contributed by atoms with Gasteiger partial charge in [0.1, 0.15) is 17.6 Å². The normalized spacial score (nSPS) is 15.6. The molecule has 2 amide bonds. The smallest absolute Gasteiger partial charge is 0.255 e. The van der Waals surface area contributed by atoms with Gasteiger partial charge in [0.2, 0.25) is 5.91 Å². The van der Waals surface area contributed by atoms with Crippen LogP contribution in [0, 0.1) is 17.1 Å². The number of hydrogen-bond donors (Lipinski definition) is 2. The van der Waals surface area contributed by atoms with Crippen LogP contribution >= 0.6 is 0 Å². The Balaban J connectivity index is 1.47. The second kappa shape index (κ2) is 11.0. The quantitative estimate of drug-likeness (QED) is 0.606. The fourth-order valence-electron chi connectivity index (χ4n) is 3.30. The molecular weight excluding hydrogens is 427 g/mol. The highest BCUT2D eigenvalue weighted by molar-refractivity contribution is 5.96. The van der Waals surface area contributed by atoms with Crippen LogP contribution in [0.2, 0.25) is 0 Å². The number of nitriles is 1. The van der Waals surface area contributed by atoms with Crippen molar-refractivity contribution in [2.45, 2.75) is 25.4 Å². The molecule has 0 fully saturated rings. The third kappa shape index (κ3) is 6.04. The van der Waals surface area contributed by atoms with E-state index in [0.29, 0.717) is 12.1 Å². The number of carbonyl (C=O) groups excluding carboxylic acids is 2. The van der Waals surface area contributed by atoms with Crippen LogP contribution in [0.5, 0.6) is 5.75 Å². The lowest BCUT2D eigenvalue weighted by atomic mass is 10.0. The van der Waals surface area contributed by atoms with Crippen molar-refractivity contribution >= 4 is 11.8 Å². The number of benzene rings is 2. The highest BCUT2D eigenvalue weighted by Crippen LogP contribution is 2.19. The lowest BCUT2D eigenvalue weighted by Gasteiger charge is -2.16. The van der Waals surface area contributed by atoms with Gasteiger partial charge in [-0.25, -0.2) is 4.39 Å². The van der Waals surface area contributed by atoms with Crippen molar-refractivity contribution in [2.24, 2.45) is 10.3 Å². The number of nitrogens with one attached hydrogen (secondary N) is 2. The Morgan fingerprint density at radius 2 is 2.06 bits per heavy atom. The highest BCUT2D eigenvalue weighted by atomic mass is 19.1. The van der Waals surface area contributed by atoms with E-state index in [1.807, 2.05) is 31.2 Å². The van der Waals surface area contributed by atoms with E-state index in [2.05, 4.69) is 27.0 Å². The average Bonchev–Trinajstić information content (AvgIpc) is 3.31. The van der Waals surface area contributed by atoms with E-state index in [1.54, 1.807) is 5.01 Å². The van der Waals surface area contributed by atoms with E-state index in [1.165, 1.54) is 19.2 Å². The van der Waals surface area contributed by atoms with Crippen molar-refractivity contribution in [1.82, 2.24) is 15.6 Å². The standard InChI is InChI=1S/C23H25FN6O3/c1-3-15-4-6-16(7-5-15)19(13-25)27-23(32)20-14-30(29-28-20)11-10-26-22(31)18-9-8-17(24)12-21(18)33-2/h4-9,12,19-20H,3,10-11,14H2,1-2H3,(H,26,31)(H,27,32). The summed E-state index contributed by atoms with van der Waals surface area (Å²) in [5.41, 5.74) is 2.06. The minimum absolute atomic E-state index is 0.140. The zero-order valence-electron chi connectivity index (χ0n) is 18.4. The third-order valence-electron chi connectivity index (χ3n) is 5.20. The zero-order valence-corrected chi connectivity index (χ0v) is 18.4. The summed E-state index contributed by atoms with van der Waals surface area (Å²) in [4.78, 5) is 24.9. The minimum Gasteiger partial charge on any atom is -0.496 e. The van der Waals surface area contributed by atoms with Crippen LogP contribution in [-0.4, -0.2) is 49.6 Å². The Labute approximate surface area is 191 Å². The van der Waals surface area contributed by atoms with Gasteiger partial charge in [0.15, 0.2) is 6.04 Å². The molecule has 2 N–H and O–H groups in total. The molecule has 0 aromatic heterocycles. The molecule has 2 atom stereocenters. The van der Waals surface area contributed by atoms with Gasteiger partial charge < -0.3 is 15.4 Å². The molecule has 0 saturated carbocycles. The first kappa shape index (κ1) is 23.7. The van der Waals surface area contributed by atoms with E-state index in [-0.39, 0.29) is 24.4 Å². The number of rotatable bonds is 9. The number of nitrogens with zero attached hydrogens (tertiary/aromatic N) is 4. The Bertz CT molecular complexity index is 1070. The topological polar surface area (TPSA) is 119 Å². The Hall–Kier alpha value is -4.00. The van der Waals surface area contributed by atoms with Crippen molar-refractivity contribution in [1.29, 1.82) is 5.26 Å². The molecule has 0 spiro atoms. The van der Waals surface area contributed by atoms with Crippen molar-refractivity contribution in [3.8, 4) is 11.8 Å². The summed E-state index contributed by atoms with van der Waals surface area (Å²) in [6.45, 7) is 2.83. The van der Waals surface area contributed by atoms with Gasteiger partial charge in [0, 0.05) is 12.6 Å². The van der Waals surface area contributed by atoms with Gasteiger partial charge in [-0.15, -0.1) is 0 Å². The lowest BCUT2D eigenvalue weighted by Crippen LogP contribution is -2.40. The largest absolute Gasteiger partial charge is 0.496 e. The number of carbonyl (C=O) groups is 2. The first-order valence-corrected chi connectivity index (χ1v) is 10.5. The molecule has 3 rings (SSSR count). The molecular formula is C23H25FN6O3. The average molecular weight is 452 g/mol. The maximum absolute atomic E-state index is 13.3. The first-order chi connectivity index (χ1) is 15.9. The third-order valence-corrected chi connectivity index (χ3v) is 5.20. The fraction of sp³-hybridized carbons (Fsp3) is 0.348. The molecule has 0 saturated heterocycles. The van der Waals surface area contributed by atoms with Crippen LogP contribution in [0.4, 0.5) is 4.39 Å². The van der Waals surface area contributed by atoms with Gasteiger partial charge in [-0.3, -0.25) is 14.6 Å². The summed E-state index contributed by atoms with van der Waals surface area (Å²) in [6.07, 6.45) is 0.889. The molecule has 0 bridgehead atoms. The van der Waals surface area contributed by atoms with E-state index >= 15 is 0 Å². The predicted octanol–water partition coefficient (Wildman–Crippen LogP) is 2.56. The minimum atomic E-state index is -0.780. The van der Waals surface area contributed by atoms with Crippen LogP contribution in [-0.2, 0) is 11.2 Å². The number of halogens is 1. The molecule has 1 aliphatic rings. The van der Waals surface area contributed by atoms with Crippen molar-refractivity contribution in [3.05, 3.63) is 65.0 Å². The van der Waals surface area contributed by atoms with Gasteiger partial charge in [0.25, 0.3) is 5.91 Å². The van der Waals surface area contributed by atoms with Crippen LogP contribution in [0.3, 0.4) is 0 Å². The highest BCUT2D eigenvalue weighted by Gasteiger charge is 2.28. The van der Waals surface area contributed by atoms with Crippen LogP contribution in [0.25, 0.3) is 0 Å². The lowest BCUT2D eigenvalue weighted by molar-refractivity contribution is -0.122. The monoisotopic (exact) mass is 452 g/mol. The Morgan fingerprint density at radius 3 is 2.73 bits per heavy atom. The summed E-state index contributed by atoms with van der Waals surface area (Å²) in [5, 5.41) is 24.4. The number of aryl methyl sites for hydroxylation is 1. The SMILES string of the molecule is CCc1ccc(C(C#N)NC(=O)C2CN(CCNC(=O)c3ccc(F)cc3OC)N=N2)cc1. The van der Waals surface area contributed by atoms with Gasteiger partial charge in [-0.1, -0.05) is 36.4 Å². The maximum Gasteiger partial charge on any atom is 0.255 e. The number of methoxy groups -OCH3 is 1. The number of hydrogen-bond acceptors (Lipinski definition) is 7. The van der Waals surface area contributed by atoms with Crippen molar-refractivity contribution in [2.75, 3.05) is 26.7 Å². The molecule has 172 valence electrons. The van der Waals surface area contributed by atoms with E-state index < -0.39 is 29.7 Å². The Kier molecular flexibility index (Phi) is 7.91. The maximum atomic E-state index is 13.3. The number of amides is 2. The van der Waals surface area contributed by atoms with Gasteiger partial charge in [-0.05, 0) is 29.7 Å².